The van der Waals surface area contributed by atoms with Crippen LogP contribution in [0.2, 0.25) is 0 Å². The Morgan fingerprint density at radius 1 is 1.38 bits per heavy atom. The number of thiazole rings is 1. The molecule has 0 radical (unpaired) electrons. The highest BCUT2D eigenvalue weighted by Crippen LogP contribution is 2.33. The van der Waals surface area contributed by atoms with Crippen molar-refractivity contribution in [3.63, 3.8) is 0 Å². The second-order valence-corrected chi connectivity index (χ2v) is 6.78. The molecule has 2 fully saturated rings. The fourth-order valence-corrected chi connectivity index (χ4v) is 4.02. The fraction of sp³-hybridized carbons (Fsp3) is 0.471. The van der Waals surface area contributed by atoms with E-state index in [0.29, 0.717) is 25.5 Å². The van der Waals surface area contributed by atoms with Gasteiger partial charge in [-0.15, -0.1) is 11.3 Å². The maximum atomic E-state index is 12.7. The van der Waals surface area contributed by atoms with Crippen molar-refractivity contribution in [1.29, 1.82) is 0 Å². The predicted molar refractivity (Wildman–Crippen MR) is 88.7 cm³/mol. The lowest BCUT2D eigenvalue weighted by Crippen LogP contribution is -2.53. The number of ether oxygens (including phenoxy) is 2. The first kappa shape index (κ1) is 15.7. The van der Waals surface area contributed by atoms with Gasteiger partial charge in [0.05, 0.1) is 30.9 Å². The van der Waals surface area contributed by atoms with Gasteiger partial charge in [0, 0.05) is 24.3 Å². The lowest BCUT2D eigenvalue weighted by atomic mass is 10.1. The zero-order valence-corrected chi connectivity index (χ0v) is 14.0. The molecule has 6 nitrogen and oxygen atoms in total. The van der Waals surface area contributed by atoms with Gasteiger partial charge in [0.25, 0.3) is 5.91 Å². The van der Waals surface area contributed by atoms with Gasteiger partial charge in [-0.25, -0.2) is 4.98 Å². The summed E-state index contributed by atoms with van der Waals surface area (Å²) in [7, 11) is 0. The average molecular weight is 345 g/mol. The highest BCUT2D eigenvalue weighted by atomic mass is 32.1. The quantitative estimate of drug-likeness (QED) is 0.849. The lowest BCUT2D eigenvalue weighted by Gasteiger charge is -2.38. The Bertz CT molecular complexity index is 680. The van der Waals surface area contributed by atoms with E-state index in [1.54, 1.807) is 23.3 Å². The molecule has 4 rings (SSSR count). The number of fused-ring (bicyclic) bond motifs is 1. The van der Waals surface area contributed by atoms with Crippen molar-refractivity contribution < 1.29 is 14.3 Å². The van der Waals surface area contributed by atoms with Crippen molar-refractivity contribution in [2.75, 3.05) is 13.2 Å². The molecule has 0 unspecified atom stereocenters. The van der Waals surface area contributed by atoms with E-state index in [2.05, 4.69) is 9.97 Å². The van der Waals surface area contributed by atoms with Gasteiger partial charge in [-0.2, -0.15) is 0 Å². The van der Waals surface area contributed by atoms with Gasteiger partial charge in [-0.05, 0) is 30.5 Å². The van der Waals surface area contributed by atoms with Crippen molar-refractivity contribution in [3.8, 4) is 0 Å². The summed E-state index contributed by atoms with van der Waals surface area (Å²) >= 11 is 1.44. The van der Waals surface area contributed by atoms with Gasteiger partial charge in [-0.1, -0.05) is 0 Å². The molecule has 2 aliphatic rings. The van der Waals surface area contributed by atoms with Crippen LogP contribution in [0.1, 0.15) is 28.9 Å². The van der Waals surface area contributed by atoms with Crippen LogP contribution in [-0.2, 0) is 16.1 Å². The van der Waals surface area contributed by atoms with Crippen molar-refractivity contribution in [3.05, 3.63) is 46.7 Å². The molecule has 0 bridgehead atoms. The van der Waals surface area contributed by atoms with Gasteiger partial charge in [0.2, 0.25) is 0 Å². The van der Waals surface area contributed by atoms with E-state index >= 15 is 0 Å². The second kappa shape index (κ2) is 6.96. The average Bonchev–Trinajstić information content (AvgIpc) is 3.30. The van der Waals surface area contributed by atoms with E-state index in [0.717, 1.165) is 18.4 Å². The van der Waals surface area contributed by atoms with Crippen LogP contribution in [0.4, 0.5) is 0 Å². The minimum atomic E-state index is -0.0526. The normalized spacial score (nSPS) is 26.3. The summed E-state index contributed by atoms with van der Waals surface area (Å²) in [6.45, 7) is 1.71. The number of carbonyl (C=O) groups is 1. The molecule has 0 N–H and O–H groups in total. The van der Waals surface area contributed by atoms with Crippen LogP contribution in [0.5, 0.6) is 0 Å². The van der Waals surface area contributed by atoms with Crippen LogP contribution < -0.4 is 0 Å². The number of hydrogen-bond donors (Lipinski definition) is 0. The number of morpholine rings is 1. The Morgan fingerprint density at radius 3 is 3.04 bits per heavy atom. The summed E-state index contributed by atoms with van der Waals surface area (Å²) in [5, 5.41) is 1.80. The zero-order chi connectivity index (χ0) is 16.4. The molecule has 0 spiro atoms. The molecule has 2 aromatic heterocycles. The van der Waals surface area contributed by atoms with Crippen molar-refractivity contribution >= 4 is 17.2 Å². The van der Waals surface area contributed by atoms with Gasteiger partial charge in [-0.3, -0.25) is 9.78 Å². The number of amides is 1. The SMILES string of the molecule is O=C(c1cscn1)N1CCO[C@H]2[C@@H](OCc3ccncc3)CC[C@@H]21. The van der Waals surface area contributed by atoms with Gasteiger partial charge >= 0.3 is 0 Å². The Hall–Kier alpha value is -1.83. The highest BCUT2D eigenvalue weighted by Gasteiger charge is 2.45. The van der Waals surface area contributed by atoms with E-state index in [-0.39, 0.29) is 24.2 Å². The van der Waals surface area contributed by atoms with Crippen LogP contribution >= 0.6 is 11.3 Å². The van der Waals surface area contributed by atoms with Crippen molar-refractivity contribution in [1.82, 2.24) is 14.9 Å². The third kappa shape index (κ3) is 3.07. The minimum Gasteiger partial charge on any atom is -0.372 e. The molecule has 24 heavy (non-hydrogen) atoms. The van der Waals surface area contributed by atoms with Crippen LogP contribution in [0.3, 0.4) is 0 Å². The molecule has 1 saturated heterocycles. The van der Waals surface area contributed by atoms with Crippen molar-refractivity contribution in [2.24, 2.45) is 0 Å². The molecule has 3 atom stereocenters. The van der Waals surface area contributed by atoms with Crippen LogP contribution in [0, 0.1) is 0 Å². The zero-order valence-electron chi connectivity index (χ0n) is 13.2. The molecule has 1 saturated carbocycles. The fourth-order valence-electron chi connectivity index (χ4n) is 3.49. The summed E-state index contributed by atoms with van der Waals surface area (Å²) in [5.74, 6) is 0.00401. The Labute approximate surface area is 144 Å². The third-order valence-corrected chi connectivity index (χ3v) is 5.25. The number of pyridine rings is 1. The number of hydrogen-bond acceptors (Lipinski definition) is 6. The highest BCUT2D eigenvalue weighted by molar-refractivity contribution is 7.07. The van der Waals surface area contributed by atoms with Gasteiger partial charge in [0.15, 0.2) is 0 Å². The van der Waals surface area contributed by atoms with Gasteiger partial charge < -0.3 is 14.4 Å². The standard InChI is InChI=1S/C17H19N3O3S/c21-17(13-10-24-11-19-13)20-7-8-22-16-14(20)1-2-15(16)23-9-12-3-5-18-6-4-12/h3-6,10-11,14-16H,1-2,7-9H2/t14-,15-,16+/m0/s1. The number of carbonyl (C=O) groups excluding carboxylic acids is 1. The van der Waals surface area contributed by atoms with E-state index in [1.807, 2.05) is 17.0 Å². The summed E-state index contributed by atoms with van der Waals surface area (Å²) < 4.78 is 12.0. The Morgan fingerprint density at radius 2 is 2.25 bits per heavy atom. The minimum absolute atomic E-state index is 0.00401. The molecule has 1 aliphatic heterocycles. The molecule has 1 aliphatic carbocycles. The van der Waals surface area contributed by atoms with E-state index in [4.69, 9.17) is 9.47 Å². The summed E-state index contributed by atoms with van der Waals surface area (Å²) in [4.78, 5) is 22.7. The molecule has 2 aromatic rings. The van der Waals surface area contributed by atoms with E-state index < -0.39 is 0 Å². The predicted octanol–water partition coefficient (Wildman–Crippen LogP) is 2.13. The topological polar surface area (TPSA) is 64.6 Å². The molecule has 1 amide bonds. The van der Waals surface area contributed by atoms with E-state index in [1.165, 1.54) is 11.3 Å². The maximum absolute atomic E-state index is 12.7. The molecule has 126 valence electrons. The van der Waals surface area contributed by atoms with Crippen LogP contribution in [0.15, 0.2) is 35.4 Å². The summed E-state index contributed by atoms with van der Waals surface area (Å²) in [5.41, 5.74) is 3.32. The summed E-state index contributed by atoms with van der Waals surface area (Å²) in [6.07, 6.45) is 5.31. The van der Waals surface area contributed by atoms with Crippen molar-refractivity contribution in [2.45, 2.75) is 37.7 Å². The first-order chi connectivity index (χ1) is 11.8. The molecule has 0 aromatic carbocycles. The lowest BCUT2D eigenvalue weighted by molar-refractivity contribution is -0.108. The number of rotatable bonds is 4. The van der Waals surface area contributed by atoms with E-state index in [9.17, 15) is 4.79 Å². The Kier molecular flexibility index (Phi) is 4.55. The van der Waals surface area contributed by atoms with Crippen LogP contribution in [0.25, 0.3) is 0 Å². The third-order valence-electron chi connectivity index (χ3n) is 4.66. The maximum Gasteiger partial charge on any atom is 0.273 e. The van der Waals surface area contributed by atoms with Crippen LogP contribution in [-0.4, -0.2) is 52.2 Å². The monoisotopic (exact) mass is 345 g/mol. The molecular weight excluding hydrogens is 326 g/mol. The molecular formula is C17H19N3O3S. The first-order valence-corrected chi connectivity index (χ1v) is 9.08. The Balaban J connectivity index is 1.42. The molecule has 3 heterocycles. The summed E-state index contributed by atoms with van der Waals surface area (Å²) in [6, 6.07) is 3.98. The second-order valence-electron chi connectivity index (χ2n) is 6.06. The number of nitrogens with zero attached hydrogens (tertiary/aromatic N) is 3. The first-order valence-electron chi connectivity index (χ1n) is 8.14. The van der Waals surface area contributed by atoms with Gasteiger partial charge in [0.1, 0.15) is 11.8 Å². The molecule has 7 heteroatoms. The largest absolute Gasteiger partial charge is 0.372 e. The number of aromatic nitrogens is 2. The smallest absolute Gasteiger partial charge is 0.273 e.